The molecule has 0 heterocycles. The lowest BCUT2D eigenvalue weighted by molar-refractivity contribution is -0.0513. The van der Waals surface area contributed by atoms with E-state index in [-0.39, 0.29) is 43.4 Å². The highest BCUT2D eigenvalue weighted by Gasteiger charge is 2.44. The summed E-state index contributed by atoms with van der Waals surface area (Å²) in [6, 6.07) is 2.22. The minimum absolute atomic E-state index is 0.0441. The van der Waals surface area contributed by atoms with Crippen molar-refractivity contribution in [3.05, 3.63) is 34.9 Å². The molecular formula is C14H17F4N. The van der Waals surface area contributed by atoms with Crippen molar-refractivity contribution in [2.75, 3.05) is 6.54 Å². The van der Waals surface area contributed by atoms with E-state index in [1.807, 2.05) is 0 Å². The summed E-state index contributed by atoms with van der Waals surface area (Å²) in [4.78, 5) is 0. The Labute approximate surface area is 109 Å². The van der Waals surface area contributed by atoms with Gasteiger partial charge in [0.05, 0.1) is 0 Å². The minimum atomic E-state index is -2.72. The van der Waals surface area contributed by atoms with E-state index in [1.54, 1.807) is 0 Å². The number of aryl methyl sites for hydroxylation is 1. The molecule has 1 aromatic carbocycles. The third-order valence-electron chi connectivity index (χ3n) is 4.15. The van der Waals surface area contributed by atoms with E-state index in [0.717, 1.165) is 12.1 Å². The highest BCUT2D eigenvalue weighted by atomic mass is 19.3. The van der Waals surface area contributed by atoms with Crippen molar-refractivity contribution in [1.29, 1.82) is 0 Å². The maximum Gasteiger partial charge on any atom is 0.248 e. The number of hydrogen-bond acceptors (Lipinski definition) is 1. The molecule has 1 saturated carbocycles. The Balaban J connectivity index is 2.40. The summed E-state index contributed by atoms with van der Waals surface area (Å²) < 4.78 is 54.1. The van der Waals surface area contributed by atoms with Crippen molar-refractivity contribution >= 4 is 0 Å². The number of rotatable bonds is 2. The second kappa shape index (κ2) is 4.78. The average molecular weight is 275 g/mol. The zero-order chi connectivity index (χ0) is 14.3. The maximum absolute atomic E-state index is 14.0. The van der Waals surface area contributed by atoms with E-state index in [9.17, 15) is 17.6 Å². The molecule has 5 heteroatoms. The van der Waals surface area contributed by atoms with Gasteiger partial charge in [-0.3, -0.25) is 0 Å². The van der Waals surface area contributed by atoms with Crippen molar-refractivity contribution in [3.8, 4) is 0 Å². The summed E-state index contributed by atoms with van der Waals surface area (Å²) in [5.74, 6) is -3.81. The smallest absolute Gasteiger partial charge is 0.248 e. The van der Waals surface area contributed by atoms with Gasteiger partial charge in [0.25, 0.3) is 0 Å². The Kier molecular flexibility index (Phi) is 3.60. The second-order valence-corrected chi connectivity index (χ2v) is 5.42. The number of hydrogen-bond donors (Lipinski definition) is 1. The molecule has 1 aliphatic carbocycles. The molecule has 0 radical (unpaired) electrons. The van der Waals surface area contributed by atoms with Crippen molar-refractivity contribution < 1.29 is 17.6 Å². The van der Waals surface area contributed by atoms with Gasteiger partial charge in [-0.15, -0.1) is 0 Å². The first kappa shape index (κ1) is 14.3. The van der Waals surface area contributed by atoms with E-state index in [4.69, 9.17) is 5.73 Å². The fourth-order valence-corrected chi connectivity index (χ4v) is 2.73. The van der Waals surface area contributed by atoms with E-state index < -0.39 is 23.0 Å². The van der Waals surface area contributed by atoms with Crippen LogP contribution in [-0.4, -0.2) is 12.5 Å². The van der Waals surface area contributed by atoms with E-state index in [1.165, 1.54) is 6.92 Å². The van der Waals surface area contributed by atoms with Gasteiger partial charge in [0, 0.05) is 24.8 Å². The van der Waals surface area contributed by atoms with E-state index in [0.29, 0.717) is 0 Å². The molecule has 0 aromatic heterocycles. The molecule has 0 aliphatic heterocycles. The van der Waals surface area contributed by atoms with Crippen LogP contribution in [0.15, 0.2) is 12.1 Å². The Bertz CT molecular complexity index is 475. The lowest BCUT2D eigenvalue weighted by Gasteiger charge is -2.40. The molecule has 1 fully saturated rings. The number of nitrogens with two attached hydrogens (primary N) is 1. The molecule has 0 saturated heterocycles. The van der Waals surface area contributed by atoms with Gasteiger partial charge in [-0.05, 0) is 43.0 Å². The molecule has 0 atom stereocenters. The monoisotopic (exact) mass is 275 g/mol. The maximum atomic E-state index is 14.0. The quantitative estimate of drug-likeness (QED) is 0.819. The molecule has 0 spiro atoms. The first-order valence-electron chi connectivity index (χ1n) is 6.34. The fraction of sp³-hybridized carbons (Fsp3) is 0.571. The summed E-state index contributed by atoms with van der Waals surface area (Å²) in [6.45, 7) is 1.51. The highest BCUT2D eigenvalue weighted by molar-refractivity contribution is 5.33. The summed E-state index contributed by atoms with van der Waals surface area (Å²) in [5.41, 5.74) is 5.14. The van der Waals surface area contributed by atoms with Gasteiger partial charge in [-0.25, -0.2) is 17.6 Å². The van der Waals surface area contributed by atoms with Crippen molar-refractivity contribution in [3.63, 3.8) is 0 Å². The topological polar surface area (TPSA) is 26.0 Å². The normalized spacial score (nSPS) is 21.4. The first-order chi connectivity index (χ1) is 8.80. The van der Waals surface area contributed by atoms with Crippen molar-refractivity contribution in [2.24, 2.45) is 5.73 Å². The molecular weight excluding hydrogens is 258 g/mol. The molecule has 0 unspecified atom stereocenters. The van der Waals surface area contributed by atoms with Crippen LogP contribution in [0.25, 0.3) is 0 Å². The molecule has 0 bridgehead atoms. The Hall–Kier alpha value is -1.10. The van der Waals surface area contributed by atoms with Gasteiger partial charge in [0.15, 0.2) is 0 Å². The van der Waals surface area contributed by atoms with Crippen LogP contribution in [0.1, 0.15) is 36.8 Å². The number of alkyl halides is 2. The van der Waals surface area contributed by atoms with E-state index in [2.05, 4.69) is 0 Å². The highest BCUT2D eigenvalue weighted by Crippen LogP contribution is 2.45. The third-order valence-corrected chi connectivity index (χ3v) is 4.15. The predicted octanol–water partition coefficient (Wildman–Crippen LogP) is 3.68. The van der Waals surface area contributed by atoms with Crippen LogP contribution in [0.3, 0.4) is 0 Å². The number of halogens is 4. The Morgan fingerprint density at radius 2 is 1.63 bits per heavy atom. The van der Waals surface area contributed by atoms with Gasteiger partial charge in [-0.2, -0.15) is 0 Å². The molecule has 1 aliphatic rings. The van der Waals surface area contributed by atoms with Crippen LogP contribution in [0, 0.1) is 18.6 Å². The molecule has 106 valence electrons. The van der Waals surface area contributed by atoms with Crippen molar-refractivity contribution in [2.45, 2.75) is 43.9 Å². The molecule has 2 rings (SSSR count). The van der Waals surface area contributed by atoms with Gasteiger partial charge >= 0.3 is 0 Å². The van der Waals surface area contributed by atoms with Gasteiger partial charge in [0.1, 0.15) is 11.6 Å². The van der Waals surface area contributed by atoms with E-state index >= 15 is 0 Å². The van der Waals surface area contributed by atoms with Crippen LogP contribution in [-0.2, 0) is 5.41 Å². The standard InChI is InChI=1S/C14H17F4N/c1-9-6-12(16)10(7-11(9)15)13(8-19)2-4-14(17,18)5-3-13/h6-7H,2-5,8,19H2,1H3. The molecule has 2 N–H and O–H groups in total. The first-order valence-corrected chi connectivity index (χ1v) is 6.34. The lowest BCUT2D eigenvalue weighted by atomic mass is 9.68. The van der Waals surface area contributed by atoms with Crippen molar-refractivity contribution in [1.82, 2.24) is 0 Å². The Morgan fingerprint density at radius 1 is 1.05 bits per heavy atom. The molecule has 1 aromatic rings. The summed E-state index contributed by atoms with van der Waals surface area (Å²) in [6.07, 6.45) is -0.510. The molecule has 1 nitrogen and oxygen atoms in total. The fourth-order valence-electron chi connectivity index (χ4n) is 2.73. The third kappa shape index (κ3) is 2.61. The summed E-state index contributed by atoms with van der Waals surface area (Å²) >= 11 is 0. The van der Waals surface area contributed by atoms with Gasteiger partial charge in [-0.1, -0.05) is 0 Å². The average Bonchev–Trinajstić information content (AvgIpc) is 2.35. The SMILES string of the molecule is Cc1cc(F)c(C2(CN)CCC(F)(F)CC2)cc1F. The van der Waals surface area contributed by atoms with Crippen LogP contribution in [0.5, 0.6) is 0 Å². The molecule has 19 heavy (non-hydrogen) atoms. The zero-order valence-corrected chi connectivity index (χ0v) is 10.8. The zero-order valence-electron chi connectivity index (χ0n) is 10.8. The van der Waals surface area contributed by atoms with Gasteiger partial charge in [0.2, 0.25) is 5.92 Å². The summed E-state index contributed by atoms with van der Waals surface area (Å²) in [5, 5.41) is 0. The van der Waals surface area contributed by atoms with Crippen LogP contribution in [0.2, 0.25) is 0 Å². The second-order valence-electron chi connectivity index (χ2n) is 5.42. The van der Waals surface area contributed by atoms with Crippen LogP contribution in [0.4, 0.5) is 17.6 Å². The summed E-state index contributed by atoms with van der Waals surface area (Å²) in [7, 11) is 0. The lowest BCUT2D eigenvalue weighted by Crippen LogP contribution is -2.42. The van der Waals surface area contributed by atoms with Gasteiger partial charge < -0.3 is 5.73 Å². The Morgan fingerprint density at radius 3 is 2.16 bits per heavy atom. The largest absolute Gasteiger partial charge is 0.330 e. The predicted molar refractivity (Wildman–Crippen MR) is 65.2 cm³/mol. The molecule has 0 amide bonds. The van der Waals surface area contributed by atoms with Crippen LogP contribution < -0.4 is 5.73 Å². The van der Waals surface area contributed by atoms with Crippen LogP contribution >= 0.6 is 0 Å². The minimum Gasteiger partial charge on any atom is -0.330 e. The number of benzene rings is 1.